The number of ether oxygens (including phenoxy) is 4. The molecule has 1 heterocycles. The minimum Gasteiger partial charge on any atom is -0.493 e. The molecule has 0 radical (unpaired) electrons. The highest BCUT2D eigenvalue weighted by Gasteiger charge is 2.19. The highest BCUT2D eigenvalue weighted by atomic mass is 16.5. The average molecular weight is 432 g/mol. The van der Waals surface area contributed by atoms with Crippen molar-refractivity contribution in [1.82, 2.24) is 10.2 Å². The van der Waals surface area contributed by atoms with E-state index in [2.05, 4.69) is 10.2 Å². The van der Waals surface area contributed by atoms with Crippen molar-refractivity contribution in [3.05, 3.63) is 71.8 Å². The summed E-state index contributed by atoms with van der Waals surface area (Å²) in [6.45, 7) is 2.41. The van der Waals surface area contributed by atoms with Gasteiger partial charge in [-0.25, -0.2) is 0 Å². The molecular weight excluding hydrogens is 408 g/mol. The van der Waals surface area contributed by atoms with Crippen LogP contribution in [0.3, 0.4) is 0 Å². The number of hydrogen-bond acceptors (Lipinski definition) is 7. The molecule has 164 valence electrons. The van der Waals surface area contributed by atoms with E-state index in [9.17, 15) is 0 Å². The van der Waals surface area contributed by atoms with Gasteiger partial charge in [-0.2, -0.15) is 0 Å². The van der Waals surface area contributed by atoms with Crippen molar-refractivity contribution >= 4 is 0 Å². The fraction of sp³-hybridized carbons (Fsp3) is 0.200. The molecular formula is C25H24N2O5. The Morgan fingerprint density at radius 2 is 1.50 bits per heavy atom. The summed E-state index contributed by atoms with van der Waals surface area (Å²) in [5, 5.41) is 8.49. The first kappa shape index (κ1) is 21.2. The molecule has 7 nitrogen and oxygen atoms in total. The van der Waals surface area contributed by atoms with Crippen molar-refractivity contribution in [3.8, 4) is 45.9 Å². The lowest BCUT2D eigenvalue weighted by molar-refractivity contribution is 0.306. The molecule has 4 rings (SSSR count). The van der Waals surface area contributed by atoms with Crippen molar-refractivity contribution in [2.75, 3.05) is 21.3 Å². The molecule has 0 N–H and O–H groups in total. The fourth-order valence-corrected chi connectivity index (χ4v) is 3.37. The van der Waals surface area contributed by atoms with E-state index in [1.807, 2.05) is 55.5 Å². The Morgan fingerprint density at radius 1 is 0.781 bits per heavy atom. The van der Waals surface area contributed by atoms with Crippen molar-refractivity contribution < 1.29 is 23.4 Å². The normalized spacial score (nSPS) is 10.6. The lowest BCUT2D eigenvalue weighted by Gasteiger charge is -2.12. The second-order valence-corrected chi connectivity index (χ2v) is 7.09. The van der Waals surface area contributed by atoms with Gasteiger partial charge in [-0.1, -0.05) is 30.3 Å². The summed E-state index contributed by atoms with van der Waals surface area (Å²) < 4.78 is 28.2. The number of benzene rings is 3. The van der Waals surface area contributed by atoms with E-state index >= 15 is 0 Å². The molecule has 0 atom stereocenters. The maximum atomic E-state index is 6.01. The summed E-state index contributed by atoms with van der Waals surface area (Å²) in [6.07, 6.45) is 0. The van der Waals surface area contributed by atoms with E-state index in [-0.39, 0.29) is 0 Å². The molecule has 4 aromatic rings. The Balaban J connectivity index is 1.63. The highest BCUT2D eigenvalue weighted by molar-refractivity contribution is 5.67. The maximum absolute atomic E-state index is 6.01. The van der Waals surface area contributed by atoms with Gasteiger partial charge in [0.2, 0.25) is 17.5 Å². The van der Waals surface area contributed by atoms with Crippen LogP contribution < -0.4 is 18.9 Å². The van der Waals surface area contributed by atoms with Crippen LogP contribution in [0.1, 0.15) is 11.1 Å². The zero-order valence-corrected chi connectivity index (χ0v) is 18.4. The van der Waals surface area contributed by atoms with Gasteiger partial charge in [0.15, 0.2) is 11.5 Å². The summed E-state index contributed by atoms with van der Waals surface area (Å²) in [5.74, 6) is 3.06. The minimum absolute atomic E-state index is 0.341. The van der Waals surface area contributed by atoms with Crippen LogP contribution >= 0.6 is 0 Å². The summed E-state index contributed by atoms with van der Waals surface area (Å²) in [4.78, 5) is 0. The number of methoxy groups -OCH3 is 3. The Bertz CT molecular complexity index is 1190. The summed E-state index contributed by atoms with van der Waals surface area (Å²) in [7, 11) is 4.68. The maximum Gasteiger partial charge on any atom is 0.248 e. The average Bonchev–Trinajstić information content (AvgIpc) is 3.32. The number of rotatable bonds is 8. The molecule has 0 aliphatic heterocycles. The van der Waals surface area contributed by atoms with Gasteiger partial charge in [0.1, 0.15) is 12.4 Å². The number of hydrogen-bond donors (Lipinski definition) is 0. The first-order valence-corrected chi connectivity index (χ1v) is 10.0. The molecule has 0 aliphatic carbocycles. The predicted molar refractivity (Wildman–Crippen MR) is 120 cm³/mol. The van der Waals surface area contributed by atoms with Crippen molar-refractivity contribution in [2.45, 2.75) is 13.5 Å². The monoisotopic (exact) mass is 432 g/mol. The van der Waals surface area contributed by atoms with E-state index < -0.39 is 0 Å². The van der Waals surface area contributed by atoms with Crippen LogP contribution in [0.4, 0.5) is 0 Å². The van der Waals surface area contributed by atoms with Gasteiger partial charge < -0.3 is 23.4 Å². The number of aromatic nitrogens is 2. The summed E-state index contributed by atoms with van der Waals surface area (Å²) in [5.41, 5.74) is 3.55. The Kier molecular flexibility index (Phi) is 6.26. The Labute approximate surface area is 186 Å². The van der Waals surface area contributed by atoms with Crippen LogP contribution in [0, 0.1) is 6.92 Å². The molecule has 0 aliphatic rings. The molecule has 0 saturated heterocycles. The Hall–Kier alpha value is -4.00. The molecule has 0 spiro atoms. The molecule has 7 heteroatoms. The third kappa shape index (κ3) is 4.37. The van der Waals surface area contributed by atoms with Gasteiger partial charge in [0.05, 0.1) is 21.3 Å². The molecule has 0 unspecified atom stereocenters. The summed E-state index contributed by atoms with van der Waals surface area (Å²) >= 11 is 0. The van der Waals surface area contributed by atoms with E-state index in [0.717, 1.165) is 22.4 Å². The lowest BCUT2D eigenvalue weighted by Crippen LogP contribution is -1.98. The van der Waals surface area contributed by atoms with Gasteiger partial charge in [0.25, 0.3) is 0 Å². The molecule has 0 saturated carbocycles. The largest absolute Gasteiger partial charge is 0.493 e. The zero-order valence-electron chi connectivity index (χ0n) is 18.4. The van der Waals surface area contributed by atoms with Crippen molar-refractivity contribution in [3.63, 3.8) is 0 Å². The molecule has 0 amide bonds. The molecule has 1 aromatic heterocycles. The molecule has 0 bridgehead atoms. The lowest BCUT2D eigenvalue weighted by atomic mass is 10.1. The van der Waals surface area contributed by atoms with Crippen LogP contribution in [-0.4, -0.2) is 31.5 Å². The van der Waals surface area contributed by atoms with Crippen LogP contribution in [0.2, 0.25) is 0 Å². The van der Waals surface area contributed by atoms with Crippen LogP contribution in [-0.2, 0) is 6.61 Å². The zero-order chi connectivity index (χ0) is 22.5. The fourth-order valence-electron chi connectivity index (χ4n) is 3.37. The van der Waals surface area contributed by atoms with Crippen LogP contribution in [0.5, 0.6) is 23.0 Å². The second kappa shape index (κ2) is 9.43. The van der Waals surface area contributed by atoms with E-state index in [4.69, 9.17) is 23.4 Å². The molecule has 32 heavy (non-hydrogen) atoms. The van der Waals surface area contributed by atoms with Crippen LogP contribution in [0.25, 0.3) is 22.9 Å². The first-order valence-electron chi connectivity index (χ1n) is 10.0. The van der Waals surface area contributed by atoms with Gasteiger partial charge in [-0.05, 0) is 42.8 Å². The predicted octanol–water partition coefficient (Wildman–Crippen LogP) is 5.32. The third-order valence-corrected chi connectivity index (χ3v) is 4.97. The third-order valence-electron chi connectivity index (χ3n) is 4.97. The van der Waals surface area contributed by atoms with Crippen molar-refractivity contribution in [1.29, 1.82) is 0 Å². The highest BCUT2D eigenvalue weighted by Crippen LogP contribution is 2.41. The molecule has 0 fully saturated rings. The Morgan fingerprint density at radius 3 is 2.19 bits per heavy atom. The SMILES string of the molecule is COc1cc(-c2nnc(-c3ccccc3COc3cccc(C)c3)o2)cc(OC)c1OC. The molecule has 3 aromatic carbocycles. The number of aryl methyl sites for hydroxylation is 1. The van der Waals surface area contributed by atoms with E-state index in [1.54, 1.807) is 33.5 Å². The van der Waals surface area contributed by atoms with E-state index in [1.165, 1.54) is 0 Å². The van der Waals surface area contributed by atoms with Gasteiger partial charge in [0, 0.05) is 16.7 Å². The van der Waals surface area contributed by atoms with E-state index in [0.29, 0.717) is 41.2 Å². The standard InChI is InChI=1S/C25H24N2O5/c1-16-8-7-10-19(12-16)31-15-17-9-5-6-11-20(17)25-27-26-24(32-25)18-13-21(28-2)23(30-4)22(14-18)29-3/h5-14H,15H2,1-4H3. The quantitative estimate of drug-likeness (QED) is 0.373. The first-order chi connectivity index (χ1) is 15.6. The minimum atomic E-state index is 0.341. The summed E-state index contributed by atoms with van der Waals surface area (Å²) in [6, 6.07) is 19.3. The second-order valence-electron chi connectivity index (χ2n) is 7.09. The van der Waals surface area contributed by atoms with Crippen LogP contribution in [0.15, 0.2) is 65.1 Å². The van der Waals surface area contributed by atoms with Gasteiger partial charge >= 0.3 is 0 Å². The van der Waals surface area contributed by atoms with Gasteiger partial charge in [-0.15, -0.1) is 10.2 Å². The van der Waals surface area contributed by atoms with Gasteiger partial charge in [-0.3, -0.25) is 0 Å². The number of nitrogens with zero attached hydrogens (tertiary/aromatic N) is 2. The topological polar surface area (TPSA) is 75.8 Å². The smallest absolute Gasteiger partial charge is 0.248 e. The van der Waals surface area contributed by atoms with Crippen molar-refractivity contribution in [2.24, 2.45) is 0 Å².